The number of nitrogens with two attached hydrogens (primary N) is 1. The predicted octanol–water partition coefficient (Wildman–Crippen LogP) is 1.03. The zero-order chi connectivity index (χ0) is 15.1. The number of aliphatic hydroxyl groups is 1. The summed E-state index contributed by atoms with van der Waals surface area (Å²) >= 11 is 0. The van der Waals surface area contributed by atoms with Gasteiger partial charge in [-0.05, 0) is 18.4 Å². The number of nitrogen functional groups attached to an aromatic ring is 1. The van der Waals surface area contributed by atoms with Gasteiger partial charge in [-0.3, -0.25) is 4.79 Å². The van der Waals surface area contributed by atoms with E-state index in [4.69, 9.17) is 20.3 Å². The molecule has 0 aliphatic heterocycles. The lowest BCUT2D eigenvalue weighted by Gasteiger charge is -2.14. The number of aliphatic hydroxyl groups excluding tert-OH is 1. The van der Waals surface area contributed by atoms with Gasteiger partial charge in [0.2, 0.25) is 0 Å². The normalized spacial score (nSPS) is 11.8. The van der Waals surface area contributed by atoms with Gasteiger partial charge in [0, 0.05) is 24.9 Å². The van der Waals surface area contributed by atoms with Crippen LogP contribution in [0.15, 0.2) is 12.1 Å². The number of benzene rings is 1. The van der Waals surface area contributed by atoms with Crippen molar-refractivity contribution in [3.63, 3.8) is 0 Å². The fourth-order valence-corrected chi connectivity index (χ4v) is 1.78. The minimum absolute atomic E-state index is 0.107. The monoisotopic (exact) mass is 282 g/mol. The van der Waals surface area contributed by atoms with E-state index in [1.807, 2.05) is 6.92 Å². The third kappa shape index (κ3) is 4.03. The number of hydrogen-bond acceptors (Lipinski definition) is 5. The third-order valence-corrected chi connectivity index (χ3v) is 3.03. The Hall–Kier alpha value is -1.95. The maximum Gasteiger partial charge on any atom is 0.253 e. The summed E-state index contributed by atoms with van der Waals surface area (Å²) in [5.41, 5.74) is 6.52. The van der Waals surface area contributed by atoms with Crippen molar-refractivity contribution in [2.75, 3.05) is 33.1 Å². The molecule has 6 nitrogen and oxygen atoms in total. The summed E-state index contributed by atoms with van der Waals surface area (Å²) in [6, 6.07) is 3.12. The second-order valence-electron chi connectivity index (χ2n) is 4.62. The molecule has 112 valence electrons. The fourth-order valence-electron chi connectivity index (χ4n) is 1.78. The van der Waals surface area contributed by atoms with Crippen LogP contribution in [0.25, 0.3) is 0 Å². The van der Waals surface area contributed by atoms with Gasteiger partial charge in [0.25, 0.3) is 5.91 Å². The first-order chi connectivity index (χ1) is 9.53. The van der Waals surface area contributed by atoms with E-state index in [1.165, 1.54) is 14.2 Å². The number of methoxy groups -OCH3 is 2. The van der Waals surface area contributed by atoms with E-state index in [0.29, 0.717) is 35.7 Å². The summed E-state index contributed by atoms with van der Waals surface area (Å²) < 4.78 is 10.3. The number of hydrogen-bond donors (Lipinski definition) is 3. The highest BCUT2D eigenvalue weighted by Crippen LogP contribution is 2.31. The molecule has 0 aromatic heterocycles. The van der Waals surface area contributed by atoms with Crippen LogP contribution in [-0.4, -0.2) is 38.4 Å². The molecule has 1 atom stereocenters. The molecule has 1 aromatic rings. The van der Waals surface area contributed by atoms with Gasteiger partial charge in [-0.1, -0.05) is 6.92 Å². The second-order valence-corrected chi connectivity index (χ2v) is 4.62. The number of nitrogens with one attached hydrogen (secondary N) is 1. The number of ether oxygens (including phenoxy) is 2. The Labute approximate surface area is 118 Å². The van der Waals surface area contributed by atoms with Crippen LogP contribution in [0.4, 0.5) is 5.69 Å². The van der Waals surface area contributed by atoms with Gasteiger partial charge < -0.3 is 25.6 Å². The lowest BCUT2D eigenvalue weighted by molar-refractivity contribution is 0.0946. The summed E-state index contributed by atoms with van der Waals surface area (Å²) in [7, 11) is 3.01. The Morgan fingerprint density at radius 1 is 1.35 bits per heavy atom. The summed E-state index contributed by atoms with van der Waals surface area (Å²) in [6.45, 7) is 2.54. The number of rotatable bonds is 7. The first kappa shape index (κ1) is 16.1. The van der Waals surface area contributed by atoms with Gasteiger partial charge in [0.1, 0.15) is 0 Å². The number of carbonyl (C=O) groups is 1. The van der Waals surface area contributed by atoms with Crippen LogP contribution in [0.5, 0.6) is 11.5 Å². The van der Waals surface area contributed by atoms with Crippen molar-refractivity contribution < 1.29 is 19.4 Å². The number of carbonyl (C=O) groups excluding carboxylic acids is 1. The molecule has 20 heavy (non-hydrogen) atoms. The molecule has 0 spiro atoms. The van der Waals surface area contributed by atoms with E-state index in [-0.39, 0.29) is 18.4 Å². The highest BCUT2D eigenvalue weighted by Gasteiger charge is 2.15. The maximum absolute atomic E-state index is 12.1. The fraction of sp³-hybridized carbons (Fsp3) is 0.500. The minimum atomic E-state index is -0.270. The summed E-state index contributed by atoms with van der Waals surface area (Å²) in [6.07, 6.45) is 0.641. The summed E-state index contributed by atoms with van der Waals surface area (Å²) in [4.78, 5) is 12.1. The first-order valence-electron chi connectivity index (χ1n) is 6.44. The quantitative estimate of drug-likeness (QED) is 0.650. The molecule has 0 fully saturated rings. The van der Waals surface area contributed by atoms with Gasteiger partial charge in [-0.15, -0.1) is 0 Å². The Balaban J connectivity index is 2.82. The lowest BCUT2D eigenvalue weighted by Crippen LogP contribution is -2.29. The summed E-state index contributed by atoms with van der Waals surface area (Å²) in [5.74, 6) is 0.865. The molecule has 1 aromatic carbocycles. The molecule has 0 saturated carbocycles. The smallest absolute Gasteiger partial charge is 0.253 e. The first-order valence-corrected chi connectivity index (χ1v) is 6.44. The van der Waals surface area contributed by atoms with Crippen molar-refractivity contribution in [3.05, 3.63) is 17.7 Å². The molecule has 4 N–H and O–H groups in total. The van der Waals surface area contributed by atoms with Crippen molar-refractivity contribution in [1.82, 2.24) is 5.32 Å². The number of amides is 1. The molecular weight excluding hydrogens is 260 g/mol. The maximum atomic E-state index is 12.1. The standard InChI is InChI=1S/C14H22N2O4/c1-9(4-5-17)8-16-14(18)10-6-12(19-2)13(20-3)7-11(10)15/h6-7,9,17H,4-5,8,15H2,1-3H3,(H,16,18). The van der Waals surface area contributed by atoms with Crippen molar-refractivity contribution >= 4 is 11.6 Å². The largest absolute Gasteiger partial charge is 0.493 e. The van der Waals surface area contributed by atoms with E-state index in [1.54, 1.807) is 12.1 Å². The average molecular weight is 282 g/mol. The van der Waals surface area contributed by atoms with E-state index in [0.717, 1.165) is 0 Å². The van der Waals surface area contributed by atoms with Crippen LogP contribution >= 0.6 is 0 Å². The topological polar surface area (TPSA) is 93.8 Å². The molecule has 0 aliphatic rings. The van der Waals surface area contributed by atoms with Gasteiger partial charge in [-0.2, -0.15) is 0 Å². The Bertz CT molecular complexity index is 463. The molecule has 1 unspecified atom stereocenters. The van der Waals surface area contributed by atoms with Gasteiger partial charge in [0.05, 0.1) is 19.8 Å². The molecule has 0 saturated heterocycles. The van der Waals surface area contributed by atoms with E-state index in [9.17, 15) is 4.79 Å². The van der Waals surface area contributed by atoms with Crippen LogP contribution in [-0.2, 0) is 0 Å². The highest BCUT2D eigenvalue weighted by atomic mass is 16.5. The van der Waals surface area contributed by atoms with Crippen LogP contribution in [0.3, 0.4) is 0 Å². The molecule has 0 radical (unpaired) electrons. The zero-order valence-corrected chi connectivity index (χ0v) is 12.1. The van der Waals surface area contributed by atoms with Gasteiger partial charge >= 0.3 is 0 Å². The molecular formula is C14H22N2O4. The average Bonchev–Trinajstić information content (AvgIpc) is 2.44. The molecule has 0 aliphatic carbocycles. The minimum Gasteiger partial charge on any atom is -0.493 e. The van der Waals surface area contributed by atoms with E-state index < -0.39 is 0 Å². The summed E-state index contributed by atoms with van der Waals surface area (Å²) in [5, 5.41) is 11.6. The van der Waals surface area contributed by atoms with Crippen molar-refractivity contribution in [3.8, 4) is 11.5 Å². The van der Waals surface area contributed by atoms with Crippen molar-refractivity contribution in [2.45, 2.75) is 13.3 Å². The van der Waals surface area contributed by atoms with E-state index in [2.05, 4.69) is 5.32 Å². The third-order valence-electron chi connectivity index (χ3n) is 3.03. The SMILES string of the molecule is COc1cc(N)c(C(=O)NCC(C)CCO)cc1OC. The zero-order valence-electron chi connectivity index (χ0n) is 12.1. The lowest BCUT2D eigenvalue weighted by atomic mass is 10.1. The predicted molar refractivity (Wildman–Crippen MR) is 77.2 cm³/mol. The van der Waals surface area contributed by atoms with Crippen molar-refractivity contribution in [1.29, 1.82) is 0 Å². The molecule has 6 heteroatoms. The number of anilines is 1. The van der Waals surface area contributed by atoms with Crippen LogP contribution in [0, 0.1) is 5.92 Å². The molecule has 0 bridgehead atoms. The van der Waals surface area contributed by atoms with Crippen molar-refractivity contribution in [2.24, 2.45) is 5.92 Å². The Kier molecular flexibility index (Phi) is 6.11. The van der Waals surface area contributed by atoms with Gasteiger partial charge in [-0.25, -0.2) is 0 Å². The van der Waals surface area contributed by atoms with Crippen LogP contribution in [0.1, 0.15) is 23.7 Å². The van der Waals surface area contributed by atoms with Crippen LogP contribution < -0.4 is 20.5 Å². The molecule has 0 heterocycles. The molecule has 1 rings (SSSR count). The Morgan fingerprint density at radius 2 is 1.95 bits per heavy atom. The molecule has 1 amide bonds. The second kappa shape index (κ2) is 7.59. The van der Waals surface area contributed by atoms with E-state index >= 15 is 0 Å². The highest BCUT2D eigenvalue weighted by molar-refractivity contribution is 6.00. The Morgan fingerprint density at radius 3 is 2.50 bits per heavy atom. The van der Waals surface area contributed by atoms with Gasteiger partial charge in [0.15, 0.2) is 11.5 Å². The van der Waals surface area contributed by atoms with Crippen LogP contribution in [0.2, 0.25) is 0 Å².